The highest BCUT2D eigenvalue weighted by atomic mass is 19.1. The number of fused-ring (bicyclic) bond motifs is 6. The summed E-state index contributed by atoms with van der Waals surface area (Å²) in [6, 6.07) is 16.2. The lowest BCUT2D eigenvalue weighted by Crippen LogP contribution is -2.58. The summed E-state index contributed by atoms with van der Waals surface area (Å²) in [5.74, 6) is 0.323. The van der Waals surface area contributed by atoms with Crippen LogP contribution in [0.5, 0.6) is 23.0 Å². The monoisotopic (exact) mass is 630 g/mol. The molecule has 2 aliphatic rings. The lowest BCUT2D eigenvalue weighted by Gasteiger charge is -2.38. The van der Waals surface area contributed by atoms with Gasteiger partial charge in [0.15, 0.2) is 18.1 Å². The van der Waals surface area contributed by atoms with Crippen molar-refractivity contribution in [3.05, 3.63) is 83.3 Å². The number of rotatable bonds is 3. The highest BCUT2D eigenvalue weighted by Crippen LogP contribution is 2.30. The number of hydrogen-bond donors (Lipinski definition) is 3. The minimum absolute atomic E-state index is 0.117. The van der Waals surface area contributed by atoms with Crippen LogP contribution in [0.4, 0.5) is 4.39 Å². The van der Waals surface area contributed by atoms with E-state index in [2.05, 4.69) is 15.6 Å². The zero-order valence-corrected chi connectivity index (χ0v) is 25.6. The molecule has 46 heavy (non-hydrogen) atoms. The molecule has 2 atom stereocenters. The van der Waals surface area contributed by atoms with Crippen LogP contribution in [-0.2, 0) is 22.6 Å². The first kappa shape index (κ1) is 30.8. The standard InChI is InChI=1S/C34H35FN4O7/c1-43-28-5-3-4-25-24(28)16-26(37-25)34(42)39-11-10-29-27(18-39)38-33(41)19-45-31-14-20(6-8-30(31)44-2)7-9-32(40)36-17-21-12-22(35)15-23(13-21)46-29/h3-6,8,12-16,27,29,37H,7,9-11,17-19H2,1-2H3,(H,36,40)(H,38,41)/t27-,29-/m1/s1. The van der Waals surface area contributed by atoms with Gasteiger partial charge < -0.3 is 39.5 Å². The Morgan fingerprint density at radius 1 is 0.957 bits per heavy atom. The van der Waals surface area contributed by atoms with Crippen LogP contribution in [0.1, 0.15) is 34.5 Å². The van der Waals surface area contributed by atoms with Crippen LogP contribution in [-0.4, -0.2) is 73.7 Å². The van der Waals surface area contributed by atoms with Crippen LogP contribution in [0.15, 0.2) is 60.7 Å². The van der Waals surface area contributed by atoms with Gasteiger partial charge >= 0.3 is 0 Å². The molecule has 4 aromatic rings. The molecule has 3 aromatic carbocycles. The molecule has 11 nitrogen and oxygen atoms in total. The molecule has 3 heterocycles. The van der Waals surface area contributed by atoms with Crippen molar-refractivity contribution in [1.29, 1.82) is 0 Å². The number of amides is 3. The summed E-state index contributed by atoms with van der Waals surface area (Å²) in [6.45, 7) is 0.260. The number of piperidine rings is 1. The Hall–Kier alpha value is -5.26. The first-order valence-electron chi connectivity index (χ1n) is 15.1. The first-order chi connectivity index (χ1) is 22.3. The van der Waals surface area contributed by atoms with Crippen molar-refractivity contribution in [3.63, 3.8) is 0 Å². The topological polar surface area (TPSA) is 131 Å². The normalized spacial score (nSPS) is 19.0. The summed E-state index contributed by atoms with van der Waals surface area (Å²) in [7, 11) is 3.08. The number of carbonyl (C=O) groups is 3. The second kappa shape index (κ2) is 13.4. The largest absolute Gasteiger partial charge is 0.496 e. The quantitative estimate of drug-likeness (QED) is 0.314. The average molecular weight is 631 g/mol. The van der Waals surface area contributed by atoms with E-state index in [0.717, 1.165) is 16.5 Å². The molecular weight excluding hydrogens is 595 g/mol. The molecule has 3 amide bonds. The Labute approximate surface area is 264 Å². The van der Waals surface area contributed by atoms with Crippen molar-refractivity contribution in [2.24, 2.45) is 0 Å². The number of likely N-dealkylation sites (tertiary alicyclic amines) is 1. The molecule has 0 aliphatic carbocycles. The molecule has 12 heteroatoms. The van der Waals surface area contributed by atoms with Gasteiger partial charge in [-0.05, 0) is 60.0 Å². The number of nitrogens with one attached hydrogen (secondary N) is 3. The summed E-state index contributed by atoms with van der Waals surface area (Å²) in [5.41, 5.74) is 2.51. The van der Waals surface area contributed by atoms with Crippen LogP contribution in [0.3, 0.4) is 0 Å². The Morgan fingerprint density at radius 2 is 1.80 bits per heavy atom. The number of ether oxygens (including phenoxy) is 4. The Morgan fingerprint density at radius 3 is 2.63 bits per heavy atom. The molecule has 1 fully saturated rings. The second-order valence-electron chi connectivity index (χ2n) is 11.3. The van der Waals surface area contributed by atoms with E-state index in [-0.39, 0.29) is 43.7 Å². The summed E-state index contributed by atoms with van der Waals surface area (Å²) in [6.07, 6.45) is 0.402. The Bertz CT molecular complexity index is 1770. The van der Waals surface area contributed by atoms with Crippen LogP contribution in [0, 0.1) is 5.82 Å². The maximum Gasteiger partial charge on any atom is 0.270 e. The van der Waals surface area contributed by atoms with E-state index in [0.29, 0.717) is 47.9 Å². The fraction of sp³-hybridized carbons (Fsp3) is 0.324. The number of H-pyrrole nitrogens is 1. The number of hydrogen-bond acceptors (Lipinski definition) is 7. The Kier molecular flexibility index (Phi) is 8.95. The third-order valence-corrected chi connectivity index (χ3v) is 8.19. The molecule has 0 unspecified atom stereocenters. The van der Waals surface area contributed by atoms with E-state index in [9.17, 15) is 18.8 Å². The third kappa shape index (κ3) is 6.85. The van der Waals surface area contributed by atoms with Gasteiger partial charge in [0.05, 0.1) is 20.3 Å². The summed E-state index contributed by atoms with van der Waals surface area (Å²) >= 11 is 0. The predicted octanol–water partition coefficient (Wildman–Crippen LogP) is 3.74. The number of aromatic amines is 1. The second-order valence-corrected chi connectivity index (χ2v) is 11.3. The van der Waals surface area contributed by atoms with Gasteiger partial charge in [0.2, 0.25) is 5.91 Å². The van der Waals surface area contributed by atoms with Crippen LogP contribution < -0.4 is 29.6 Å². The molecule has 0 radical (unpaired) electrons. The highest BCUT2D eigenvalue weighted by Gasteiger charge is 2.35. The van der Waals surface area contributed by atoms with Gasteiger partial charge in [-0.3, -0.25) is 14.4 Å². The number of aromatic nitrogens is 1. The average Bonchev–Trinajstić information content (AvgIpc) is 3.50. The van der Waals surface area contributed by atoms with Crippen LogP contribution in [0.2, 0.25) is 0 Å². The van der Waals surface area contributed by atoms with Gasteiger partial charge in [-0.1, -0.05) is 12.1 Å². The van der Waals surface area contributed by atoms with E-state index in [1.54, 1.807) is 36.3 Å². The summed E-state index contributed by atoms with van der Waals surface area (Å²) < 4.78 is 37.6. The van der Waals surface area contributed by atoms with Gasteiger partial charge in [0.25, 0.3) is 11.8 Å². The zero-order chi connectivity index (χ0) is 32.2. The lowest BCUT2D eigenvalue weighted by atomic mass is 10.0. The zero-order valence-electron chi connectivity index (χ0n) is 25.6. The number of nitrogens with zero attached hydrogens (tertiary/aromatic N) is 1. The SMILES string of the molecule is COc1ccc2cc1OCC(=O)N[C@@H]1CN(C(=O)c3cc4c(OC)cccc4[nH]3)CC[C@H]1Oc1cc(F)cc(c1)CNC(=O)CC2. The fourth-order valence-corrected chi connectivity index (χ4v) is 5.88. The summed E-state index contributed by atoms with van der Waals surface area (Å²) in [5, 5.41) is 6.59. The minimum atomic E-state index is -0.647. The number of methoxy groups -OCH3 is 2. The van der Waals surface area contributed by atoms with Crippen molar-refractivity contribution < 1.29 is 37.7 Å². The molecule has 0 spiro atoms. The van der Waals surface area contributed by atoms with Crippen LogP contribution in [0.25, 0.3) is 10.9 Å². The number of benzene rings is 3. The number of halogens is 1. The van der Waals surface area contributed by atoms with Gasteiger partial charge in [0, 0.05) is 49.4 Å². The van der Waals surface area contributed by atoms with Gasteiger partial charge in [-0.15, -0.1) is 0 Å². The van der Waals surface area contributed by atoms with E-state index >= 15 is 0 Å². The van der Waals surface area contributed by atoms with Crippen molar-refractivity contribution in [1.82, 2.24) is 20.5 Å². The van der Waals surface area contributed by atoms with Gasteiger partial charge in [-0.25, -0.2) is 4.39 Å². The van der Waals surface area contributed by atoms with Crippen molar-refractivity contribution in [2.75, 3.05) is 33.9 Å². The molecule has 6 rings (SSSR count). The maximum atomic E-state index is 14.6. The van der Waals surface area contributed by atoms with E-state index in [1.807, 2.05) is 24.3 Å². The third-order valence-electron chi connectivity index (χ3n) is 8.19. The predicted molar refractivity (Wildman–Crippen MR) is 167 cm³/mol. The lowest BCUT2D eigenvalue weighted by molar-refractivity contribution is -0.125. The first-order valence-corrected chi connectivity index (χ1v) is 15.1. The molecule has 240 valence electrons. The molecule has 3 N–H and O–H groups in total. The van der Waals surface area contributed by atoms with Crippen molar-refractivity contribution in [3.8, 4) is 23.0 Å². The maximum absolute atomic E-state index is 14.6. The number of aryl methyl sites for hydroxylation is 1. The number of carbonyl (C=O) groups excluding carboxylic acids is 3. The smallest absolute Gasteiger partial charge is 0.270 e. The van der Waals surface area contributed by atoms with Crippen molar-refractivity contribution in [2.45, 2.75) is 38.0 Å². The molecule has 0 saturated carbocycles. The minimum Gasteiger partial charge on any atom is -0.496 e. The van der Waals surface area contributed by atoms with E-state index in [1.165, 1.54) is 19.2 Å². The van der Waals surface area contributed by atoms with E-state index in [4.69, 9.17) is 18.9 Å². The fourth-order valence-electron chi connectivity index (χ4n) is 5.88. The van der Waals surface area contributed by atoms with Crippen LogP contribution >= 0.6 is 0 Å². The molecule has 4 bridgehead atoms. The van der Waals surface area contributed by atoms with Gasteiger partial charge in [-0.2, -0.15) is 0 Å². The Balaban J connectivity index is 1.27. The van der Waals surface area contributed by atoms with Crippen molar-refractivity contribution >= 4 is 28.6 Å². The molecule has 1 aromatic heterocycles. The molecule has 2 aliphatic heterocycles. The highest BCUT2D eigenvalue weighted by molar-refractivity contribution is 5.99. The molecular formula is C34H35FN4O7. The summed E-state index contributed by atoms with van der Waals surface area (Å²) in [4.78, 5) is 44.4. The van der Waals surface area contributed by atoms with E-state index < -0.39 is 23.9 Å². The van der Waals surface area contributed by atoms with Gasteiger partial charge in [0.1, 0.15) is 29.1 Å². The molecule has 1 saturated heterocycles.